The lowest BCUT2D eigenvalue weighted by Crippen LogP contribution is -2.50. The number of carbonyl (C=O) groups is 1. The van der Waals surface area contributed by atoms with Gasteiger partial charge in [0.25, 0.3) is 5.56 Å². The van der Waals surface area contributed by atoms with E-state index in [0.717, 1.165) is 0 Å². The van der Waals surface area contributed by atoms with E-state index in [1.165, 1.54) is 6.08 Å². The minimum Gasteiger partial charge on any atom is -0.461 e. The summed E-state index contributed by atoms with van der Waals surface area (Å²) in [7, 11) is 0. The van der Waals surface area contributed by atoms with Crippen molar-refractivity contribution in [3.63, 3.8) is 0 Å². The van der Waals surface area contributed by atoms with Crippen LogP contribution in [0.15, 0.2) is 41.7 Å². The van der Waals surface area contributed by atoms with E-state index < -0.39 is 23.4 Å². The SMILES string of the molecule is C=CCOC(=O)[C@@H]1[C@H](c2ccc(Cl)cc2)c2c([nH][nH]c2=O)C[C@]1(C)O. The second kappa shape index (κ2) is 6.54. The molecule has 3 N–H and O–H groups in total. The van der Waals surface area contributed by atoms with Gasteiger partial charge >= 0.3 is 5.97 Å². The molecule has 6 nitrogen and oxygen atoms in total. The van der Waals surface area contributed by atoms with Crippen LogP contribution in [0.2, 0.25) is 5.02 Å². The molecule has 1 heterocycles. The first-order valence-corrected chi connectivity index (χ1v) is 8.27. The van der Waals surface area contributed by atoms with Gasteiger partial charge in [0.1, 0.15) is 6.61 Å². The molecule has 2 aromatic rings. The summed E-state index contributed by atoms with van der Waals surface area (Å²) < 4.78 is 5.21. The van der Waals surface area contributed by atoms with Gasteiger partial charge in [0, 0.05) is 28.6 Å². The van der Waals surface area contributed by atoms with Crippen LogP contribution >= 0.6 is 11.6 Å². The van der Waals surface area contributed by atoms with Gasteiger partial charge in [-0.15, -0.1) is 0 Å². The number of ether oxygens (including phenoxy) is 1. The number of aliphatic hydroxyl groups is 1. The van der Waals surface area contributed by atoms with Crippen LogP contribution in [0.1, 0.15) is 29.7 Å². The van der Waals surface area contributed by atoms with Crippen LogP contribution in [0.25, 0.3) is 0 Å². The Balaban J connectivity index is 2.16. The molecule has 0 bridgehead atoms. The number of halogens is 1. The summed E-state index contributed by atoms with van der Waals surface area (Å²) in [6.07, 6.45) is 1.60. The normalized spacial score (nSPS) is 25.2. The highest BCUT2D eigenvalue weighted by Crippen LogP contribution is 2.44. The quantitative estimate of drug-likeness (QED) is 0.573. The zero-order valence-corrected chi connectivity index (χ0v) is 14.5. The van der Waals surface area contributed by atoms with Crippen molar-refractivity contribution in [1.82, 2.24) is 10.2 Å². The van der Waals surface area contributed by atoms with Crippen LogP contribution in [0, 0.1) is 5.92 Å². The van der Waals surface area contributed by atoms with E-state index in [1.807, 2.05) is 0 Å². The van der Waals surface area contributed by atoms with Crippen molar-refractivity contribution >= 4 is 17.6 Å². The molecule has 25 heavy (non-hydrogen) atoms. The third-order valence-corrected chi connectivity index (χ3v) is 4.82. The minimum atomic E-state index is -1.39. The molecule has 0 fully saturated rings. The lowest BCUT2D eigenvalue weighted by atomic mass is 9.66. The van der Waals surface area contributed by atoms with Crippen molar-refractivity contribution in [2.45, 2.75) is 24.9 Å². The maximum Gasteiger partial charge on any atom is 0.313 e. The molecule has 1 aliphatic carbocycles. The largest absolute Gasteiger partial charge is 0.461 e. The van der Waals surface area contributed by atoms with E-state index >= 15 is 0 Å². The molecule has 1 aromatic heterocycles. The molecule has 132 valence electrons. The number of aromatic amines is 2. The zero-order valence-electron chi connectivity index (χ0n) is 13.7. The lowest BCUT2D eigenvalue weighted by Gasteiger charge is -2.40. The molecule has 0 aliphatic heterocycles. The number of nitrogens with one attached hydrogen (secondary N) is 2. The van der Waals surface area contributed by atoms with Crippen molar-refractivity contribution in [3.8, 4) is 0 Å². The molecule has 0 radical (unpaired) electrons. The summed E-state index contributed by atoms with van der Waals surface area (Å²) in [4.78, 5) is 25.0. The molecular weight excluding hydrogens is 344 g/mol. The second-order valence-electron chi connectivity index (χ2n) is 6.43. The van der Waals surface area contributed by atoms with Gasteiger partial charge in [0.05, 0.1) is 11.5 Å². The second-order valence-corrected chi connectivity index (χ2v) is 6.87. The molecule has 0 spiro atoms. The number of fused-ring (bicyclic) bond motifs is 1. The molecule has 3 atom stereocenters. The molecule has 7 heteroatoms. The zero-order chi connectivity index (χ0) is 18.2. The third-order valence-electron chi connectivity index (χ3n) is 4.57. The van der Waals surface area contributed by atoms with Gasteiger partial charge in [0.15, 0.2) is 0 Å². The number of carbonyl (C=O) groups excluding carboxylic acids is 1. The van der Waals surface area contributed by atoms with Crippen molar-refractivity contribution in [2.75, 3.05) is 6.61 Å². The van der Waals surface area contributed by atoms with Gasteiger partial charge in [-0.05, 0) is 24.6 Å². The fourth-order valence-electron chi connectivity index (χ4n) is 3.52. The summed E-state index contributed by atoms with van der Waals surface area (Å²) >= 11 is 5.96. The van der Waals surface area contributed by atoms with Crippen molar-refractivity contribution in [2.24, 2.45) is 5.92 Å². The predicted octanol–water partition coefficient (Wildman–Crippen LogP) is 2.14. The first-order valence-electron chi connectivity index (χ1n) is 7.90. The van der Waals surface area contributed by atoms with Gasteiger partial charge in [-0.3, -0.25) is 14.7 Å². The number of H-pyrrole nitrogens is 2. The van der Waals surface area contributed by atoms with E-state index in [2.05, 4.69) is 16.8 Å². The highest BCUT2D eigenvalue weighted by molar-refractivity contribution is 6.30. The van der Waals surface area contributed by atoms with Crippen LogP contribution in [-0.4, -0.2) is 33.5 Å². The Morgan fingerprint density at radius 2 is 2.12 bits per heavy atom. The molecule has 0 saturated carbocycles. The average molecular weight is 363 g/mol. The summed E-state index contributed by atoms with van der Waals surface area (Å²) in [5, 5.41) is 16.8. The Morgan fingerprint density at radius 3 is 2.76 bits per heavy atom. The smallest absolute Gasteiger partial charge is 0.313 e. The number of benzene rings is 1. The van der Waals surface area contributed by atoms with E-state index in [9.17, 15) is 14.7 Å². The standard InChI is InChI=1S/C18H19ClN2O4/c1-3-8-25-17(23)15-13(10-4-6-11(19)7-5-10)14-12(9-18(15,2)24)20-21-16(14)22/h3-7,13,15,24H,1,8-9H2,2H3,(H2,20,21,22)/t13-,15+,18+/m1/s1. The third kappa shape index (κ3) is 3.15. The van der Waals surface area contributed by atoms with Crippen LogP contribution < -0.4 is 5.56 Å². The highest BCUT2D eigenvalue weighted by atomic mass is 35.5. The predicted molar refractivity (Wildman–Crippen MR) is 93.7 cm³/mol. The van der Waals surface area contributed by atoms with E-state index in [1.54, 1.807) is 31.2 Å². The monoisotopic (exact) mass is 362 g/mol. The molecule has 0 amide bonds. The lowest BCUT2D eigenvalue weighted by molar-refractivity contribution is -0.158. The highest BCUT2D eigenvalue weighted by Gasteiger charge is 2.51. The van der Waals surface area contributed by atoms with Gasteiger partial charge in [-0.2, -0.15) is 0 Å². The summed E-state index contributed by atoms with van der Waals surface area (Å²) in [5.41, 5.74) is 0.0288. The van der Waals surface area contributed by atoms with Crippen LogP contribution in [0.3, 0.4) is 0 Å². The average Bonchev–Trinajstić information content (AvgIpc) is 2.91. The maximum absolute atomic E-state index is 12.7. The summed E-state index contributed by atoms with van der Waals surface area (Å²) in [6.45, 7) is 5.14. The molecule has 1 aliphatic rings. The van der Waals surface area contributed by atoms with Gasteiger partial charge < -0.3 is 14.9 Å². The first-order chi connectivity index (χ1) is 11.8. The molecule has 1 aromatic carbocycles. The van der Waals surface area contributed by atoms with Crippen molar-refractivity contribution in [1.29, 1.82) is 0 Å². The molecule has 3 rings (SSSR count). The summed E-state index contributed by atoms with van der Waals surface area (Å²) in [6, 6.07) is 6.87. The van der Waals surface area contributed by atoms with Gasteiger partial charge in [0.2, 0.25) is 0 Å². The topological polar surface area (TPSA) is 95.2 Å². The van der Waals surface area contributed by atoms with Crippen LogP contribution in [0.5, 0.6) is 0 Å². The Labute approximate surface area is 149 Å². The van der Waals surface area contributed by atoms with Crippen LogP contribution in [0.4, 0.5) is 0 Å². The summed E-state index contributed by atoms with van der Waals surface area (Å²) in [5.74, 6) is -2.16. The number of esters is 1. The van der Waals surface area contributed by atoms with E-state index in [-0.39, 0.29) is 18.6 Å². The van der Waals surface area contributed by atoms with Gasteiger partial charge in [-0.1, -0.05) is 36.4 Å². The number of aromatic nitrogens is 2. The maximum atomic E-state index is 12.7. The number of hydrogen-bond donors (Lipinski definition) is 3. The molecule has 0 saturated heterocycles. The Kier molecular flexibility index (Phi) is 4.58. The Hall–Kier alpha value is -2.31. The van der Waals surface area contributed by atoms with Crippen molar-refractivity contribution < 1.29 is 14.6 Å². The first kappa shape index (κ1) is 17.5. The minimum absolute atomic E-state index is 0.0368. The fourth-order valence-corrected chi connectivity index (χ4v) is 3.64. The van der Waals surface area contributed by atoms with E-state index in [0.29, 0.717) is 21.8 Å². The van der Waals surface area contributed by atoms with Crippen LogP contribution in [-0.2, 0) is 16.0 Å². The molecule has 0 unspecified atom stereocenters. The van der Waals surface area contributed by atoms with Gasteiger partial charge in [-0.25, -0.2) is 0 Å². The Bertz CT molecular complexity index is 851. The number of rotatable bonds is 4. The van der Waals surface area contributed by atoms with Crippen molar-refractivity contribution in [3.05, 3.63) is 69.1 Å². The van der Waals surface area contributed by atoms with E-state index in [4.69, 9.17) is 16.3 Å². The number of hydrogen-bond acceptors (Lipinski definition) is 4. The fraction of sp³-hybridized carbons (Fsp3) is 0.333. The molecular formula is C18H19ClN2O4. The Morgan fingerprint density at radius 1 is 1.44 bits per heavy atom.